The molecule has 25 heavy (non-hydrogen) atoms. The normalized spacial score (nSPS) is 21.5. The lowest BCUT2D eigenvalue weighted by Crippen LogP contribution is -2.42. The van der Waals surface area contributed by atoms with Gasteiger partial charge < -0.3 is 24.4 Å². The van der Waals surface area contributed by atoms with E-state index in [-0.39, 0.29) is 5.92 Å². The summed E-state index contributed by atoms with van der Waals surface area (Å²) in [7, 11) is -4.64. The van der Waals surface area contributed by atoms with Crippen LogP contribution in [0.25, 0.3) is 0 Å². The van der Waals surface area contributed by atoms with Crippen LogP contribution >= 0.6 is 7.82 Å². The topological polar surface area (TPSA) is 123 Å². The van der Waals surface area contributed by atoms with Crippen molar-refractivity contribution in [3.05, 3.63) is 22.5 Å². The van der Waals surface area contributed by atoms with E-state index in [4.69, 9.17) is 24.0 Å². The summed E-state index contributed by atoms with van der Waals surface area (Å²) in [6, 6.07) is 0. The van der Waals surface area contributed by atoms with Crippen LogP contribution in [-0.2, 0) is 22.1 Å². The number of phosphoric acid groups is 1. The Hall–Kier alpha value is -1.02. The highest BCUT2D eigenvalue weighted by molar-refractivity contribution is 7.45. The smallest absolute Gasteiger partial charge is 0.379 e. The molecule has 142 valence electrons. The second kappa shape index (κ2) is 8.58. The van der Waals surface area contributed by atoms with Gasteiger partial charge in [-0.1, -0.05) is 6.92 Å². The molecule has 1 aromatic heterocycles. The molecule has 0 spiro atoms. The number of H-pyrrole nitrogens is 1. The number of hydrogen-bond donors (Lipinski definition) is 4. The number of morpholine rings is 1. The number of aromatic nitrogens is 1. The number of carbonyl (C=O) groups is 1. The minimum Gasteiger partial charge on any atom is -0.379 e. The zero-order valence-corrected chi connectivity index (χ0v) is 15.6. The highest BCUT2D eigenvalue weighted by Crippen LogP contribution is 2.31. The Balaban J connectivity index is 0.000000399. The minimum atomic E-state index is -4.64. The molecular weight excluding hydrogens is 347 g/mol. The Morgan fingerprint density at radius 1 is 1.28 bits per heavy atom. The molecule has 0 bridgehead atoms. The lowest BCUT2D eigenvalue weighted by molar-refractivity contribution is 0.0291. The zero-order chi connectivity index (χ0) is 18.6. The number of nitrogens with one attached hydrogen (secondary N) is 1. The summed E-state index contributed by atoms with van der Waals surface area (Å²) in [5.41, 5.74) is 4.59. The van der Waals surface area contributed by atoms with Crippen molar-refractivity contribution >= 4 is 13.6 Å². The predicted octanol–water partition coefficient (Wildman–Crippen LogP) is 1.03. The van der Waals surface area contributed by atoms with E-state index in [0.29, 0.717) is 5.78 Å². The maximum atomic E-state index is 12.8. The highest BCUT2D eigenvalue weighted by Gasteiger charge is 2.32. The van der Waals surface area contributed by atoms with E-state index in [0.717, 1.165) is 57.7 Å². The number of Topliss-reactive ketones (excluding diaryl/α,β-unsaturated/α-hetero) is 1. The fourth-order valence-electron chi connectivity index (χ4n) is 3.58. The van der Waals surface area contributed by atoms with Crippen molar-refractivity contribution in [3.63, 3.8) is 0 Å². The molecule has 1 saturated heterocycles. The number of rotatable bonds is 3. The second-order valence-electron chi connectivity index (χ2n) is 6.46. The van der Waals surface area contributed by atoms with E-state index in [1.54, 1.807) is 0 Å². The van der Waals surface area contributed by atoms with Crippen molar-refractivity contribution in [2.45, 2.75) is 33.1 Å². The van der Waals surface area contributed by atoms with Crippen LogP contribution in [0.2, 0.25) is 0 Å². The van der Waals surface area contributed by atoms with Gasteiger partial charge in [-0.3, -0.25) is 9.69 Å². The van der Waals surface area contributed by atoms with Crippen LogP contribution in [0.4, 0.5) is 0 Å². The van der Waals surface area contributed by atoms with Crippen molar-refractivity contribution in [3.8, 4) is 0 Å². The van der Waals surface area contributed by atoms with Crippen LogP contribution in [0, 0.1) is 12.8 Å². The Morgan fingerprint density at radius 3 is 2.44 bits per heavy atom. The number of carbonyl (C=O) groups excluding carboxylic acids is 1. The molecular formula is C16H27N2O6P. The molecule has 1 fully saturated rings. The van der Waals surface area contributed by atoms with Gasteiger partial charge in [0.05, 0.1) is 13.2 Å². The quantitative estimate of drug-likeness (QED) is 0.583. The van der Waals surface area contributed by atoms with Crippen LogP contribution < -0.4 is 0 Å². The monoisotopic (exact) mass is 374 g/mol. The summed E-state index contributed by atoms with van der Waals surface area (Å²) in [6.45, 7) is 8.64. The van der Waals surface area contributed by atoms with Crippen LogP contribution in [0.1, 0.15) is 40.7 Å². The predicted molar refractivity (Wildman–Crippen MR) is 92.6 cm³/mol. The standard InChI is InChI=1S/C16H24N2O2.H3O4P/c1-3-13-11(2)17-14-5-4-12(16(19)15(13)14)10-18-6-8-20-9-7-18;1-5(2,3)4/h12,17H,3-10H2,1-2H3;(H3,1,2,3,4). The molecule has 1 aliphatic heterocycles. The third-order valence-corrected chi connectivity index (χ3v) is 4.69. The Morgan fingerprint density at radius 2 is 1.88 bits per heavy atom. The van der Waals surface area contributed by atoms with Crippen LogP contribution in [0.15, 0.2) is 0 Å². The molecule has 4 N–H and O–H groups in total. The van der Waals surface area contributed by atoms with Gasteiger partial charge >= 0.3 is 7.82 Å². The number of aryl methyl sites for hydroxylation is 2. The summed E-state index contributed by atoms with van der Waals surface area (Å²) in [6.07, 6.45) is 2.93. The molecule has 0 saturated carbocycles. The summed E-state index contributed by atoms with van der Waals surface area (Å²) >= 11 is 0. The summed E-state index contributed by atoms with van der Waals surface area (Å²) in [5.74, 6) is 0.528. The van der Waals surface area contributed by atoms with Gasteiger partial charge in [0.1, 0.15) is 0 Å². The molecule has 0 aromatic carbocycles. The lowest BCUT2D eigenvalue weighted by atomic mass is 9.83. The van der Waals surface area contributed by atoms with Gasteiger partial charge in [0.15, 0.2) is 5.78 Å². The molecule has 0 amide bonds. The van der Waals surface area contributed by atoms with Crippen molar-refractivity contribution in [2.24, 2.45) is 5.92 Å². The number of ketones is 1. The third-order valence-electron chi connectivity index (χ3n) is 4.69. The molecule has 1 aliphatic carbocycles. The van der Waals surface area contributed by atoms with E-state index in [2.05, 4.69) is 23.7 Å². The van der Waals surface area contributed by atoms with E-state index in [1.165, 1.54) is 17.0 Å². The van der Waals surface area contributed by atoms with E-state index >= 15 is 0 Å². The van der Waals surface area contributed by atoms with Crippen molar-refractivity contribution < 1.29 is 28.8 Å². The number of ether oxygens (including phenoxy) is 1. The Kier molecular flexibility index (Phi) is 6.96. The van der Waals surface area contributed by atoms with Gasteiger partial charge in [-0.05, 0) is 31.7 Å². The van der Waals surface area contributed by atoms with Crippen LogP contribution in [0.5, 0.6) is 0 Å². The van der Waals surface area contributed by atoms with Crippen LogP contribution in [0.3, 0.4) is 0 Å². The molecule has 2 heterocycles. The van der Waals surface area contributed by atoms with E-state index < -0.39 is 7.82 Å². The zero-order valence-electron chi connectivity index (χ0n) is 14.7. The van der Waals surface area contributed by atoms with Gasteiger partial charge in [0.25, 0.3) is 0 Å². The first-order chi connectivity index (χ1) is 11.7. The van der Waals surface area contributed by atoms with Gasteiger partial charge in [0.2, 0.25) is 0 Å². The highest BCUT2D eigenvalue weighted by atomic mass is 31.2. The summed E-state index contributed by atoms with van der Waals surface area (Å²) in [5, 5.41) is 0. The van der Waals surface area contributed by atoms with Gasteiger partial charge in [-0.15, -0.1) is 0 Å². The first-order valence-electron chi connectivity index (χ1n) is 8.53. The molecule has 1 atom stereocenters. The first kappa shape index (κ1) is 20.3. The lowest BCUT2D eigenvalue weighted by Gasteiger charge is -2.31. The molecule has 9 heteroatoms. The molecule has 8 nitrogen and oxygen atoms in total. The Bertz CT molecular complexity index is 639. The molecule has 3 rings (SSSR count). The molecule has 0 radical (unpaired) electrons. The van der Waals surface area contributed by atoms with E-state index in [1.807, 2.05) is 0 Å². The number of nitrogens with zero attached hydrogens (tertiary/aromatic N) is 1. The summed E-state index contributed by atoms with van der Waals surface area (Å²) < 4.78 is 14.3. The maximum Gasteiger partial charge on any atom is 0.466 e. The molecule has 2 aliphatic rings. The fourth-order valence-corrected chi connectivity index (χ4v) is 3.58. The van der Waals surface area contributed by atoms with Gasteiger partial charge in [-0.2, -0.15) is 0 Å². The maximum absolute atomic E-state index is 12.8. The Labute approximate surface area is 147 Å². The average Bonchev–Trinajstić information content (AvgIpc) is 2.86. The van der Waals surface area contributed by atoms with Crippen molar-refractivity contribution in [1.82, 2.24) is 9.88 Å². The average molecular weight is 374 g/mol. The first-order valence-corrected chi connectivity index (χ1v) is 10.1. The van der Waals surface area contributed by atoms with Crippen molar-refractivity contribution in [2.75, 3.05) is 32.8 Å². The summed E-state index contributed by atoms with van der Waals surface area (Å²) in [4.78, 5) is 40.2. The third kappa shape index (κ3) is 5.74. The molecule has 1 unspecified atom stereocenters. The SMILES string of the molecule is CCc1c(C)[nH]c2c1C(=O)C(CN1CCOCC1)CC2.O=P(O)(O)O. The largest absolute Gasteiger partial charge is 0.466 e. The van der Waals surface area contributed by atoms with Crippen molar-refractivity contribution in [1.29, 1.82) is 0 Å². The second-order valence-corrected chi connectivity index (χ2v) is 7.49. The number of fused-ring (bicyclic) bond motifs is 1. The van der Waals surface area contributed by atoms with Gasteiger partial charge in [-0.25, -0.2) is 4.57 Å². The fraction of sp³-hybridized carbons (Fsp3) is 0.688. The van der Waals surface area contributed by atoms with E-state index in [9.17, 15) is 4.79 Å². The van der Waals surface area contributed by atoms with Gasteiger partial charge in [0, 0.05) is 42.5 Å². The number of hydrogen-bond acceptors (Lipinski definition) is 4. The minimum absolute atomic E-state index is 0.168. The molecule has 1 aromatic rings. The van der Waals surface area contributed by atoms with Crippen LogP contribution in [-0.4, -0.2) is 63.2 Å². The number of aromatic amines is 1.